The van der Waals surface area contributed by atoms with E-state index >= 15 is 0 Å². The van der Waals surface area contributed by atoms with Crippen molar-refractivity contribution < 1.29 is 9.53 Å². The minimum absolute atomic E-state index is 0.0445. The molecule has 0 spiro atoms. The van der Waals surface area contributed by atoms with Crippen LogP contribution in [0.1, 0.15) is 52.4 Å². The largest absolute Gasteiger partial charge is 0.469 e. The molecular formula is C11H22O2. The fourth-order valence-electron chi connectivity index (χ4n) is 1.71. The van der Waals surface area contributed by atoms with Gasteiger partial charge in [0.05, 0.1) is 7.11 Å². The second kappa shape index (κ2) is 8.09. The molecule has 1 fully saturated rings. The Morgan fingerprint density at radius 3 is 2.23 bits per heavy atom. The molecular weight excluding hydrogens is 164 g/mol. The van der Waals surface area contributed by atoms with Crippen molar-refractivity contribution in [2.24, 2.45) is 5.92 Å². The molecule has 0 atom stereocenters. The lowest BCUT2D eigenvalue weighted by Gasteiger charge is -2.19. The number of ether oxygens (including phenoxy) is 1. The maximum atomic E-state index is 10.9. The van der Waals surface area contributed by atoms with Crippen molar-refractivity contribution in [3.05, 3.63) is 0 Å². The SMILES string of the molecule is CC.COC(=O)CC1CCCCC1. The molecule has 2 nitrogen and oxygen atoms in total. The molecule has 0 bridgehead atoms. The van der Waals surface area contributed by atoms with E-state index in [0.29, 0.717) is 12.3 Å². The summed E-state index contributed by atoms with van der Waals surface area (Å²) in [5.74, 6) is 0.563. The summed E-state index contributed by atoms with van der Waals surface area (Å²) in [6.07, 6.45) is 7.00. The summed E-state index contributed by atoms with van der Waals surface area (Å²) in [5, 5.41) is 0. The van der Waals surface area contributed by atoms with E-state index in [9.17, 15) is 4.79 Å². The van der Waals surface area contributed by atoms with Gasteiger partial charge in [0.15, 0.2) is 0 Å². The Labute approximate surface area is 81.7 Å². The maximum Gasteiger partial charge on any atom is 0.305 e. The quantitative estimate of drug-likeness (QED) is 0.619. The smallest absolute Gasteiger partial charge is 0.305 e. The second-order valence-corrected chi connectivity index (χ2v) is 3.28. The van der Waals surface area contributed by atoms with Crippen molar-refractivity contribution in [1.29, 1.82) is 0 Å². The highest BCUT2D eigenvalue weighted by Crippen LogP contribution is 2.26. The zero-order chi connectivity index (χ0) is 10.1. The molecule has 1 saturated carbocycles. The highest BCUT2D eigenvalue weighted by atomic mass is 16.5. The molecule has 0 unspecified atom stereocenters. The number of hydrogen-bond acceptors (Lipinski definition) is 2. The third kappa shape index (κ3) is 5.67. The van der Waals surface area contributed by atoms with Gasteiger partial charge in [-0.05, 0) is 18.8 Å². The lowest BCUT2D eigenvalue weighted by atomic mass is 9.87. The van der Waals surface area contributed by atoms with Gasteiger partial charge in [-0.15, -0.1) is 0 Å². The zero-order valence-corrected chi connectivity index (χ0v) is 9.14. The van der Waals surface area contributed by atoms with Gasteiger partial charge in [0, 0.05) is 6.42 Å². The fraction of sp³-hybridized carbons (Fsp3) is 0.909. The first-order chi connectivity index (χ1) is 6.33. The highest BCUT2D eigenvalue weighted by molar-refractivity contribution is 5.69. The van der Waals surface area contributed by atoms with Crippen LogP contribution >= 0.6 is 0 Å². The van der Waals surface area contributed by atoms with Crippen LogP contribution in [0.3, 0.4) is 0 Å². The molecule has 0 aromatic heterocycles. The standard InChI is InChI=1S/C9H16O2.C2H6/c1-11-9(10)7-8-5-3-2-4-6-8;1-2/h8H,2-7H2,1H3;1-2H3. The van der Waals surface area contributed by atoms with Crippen molar-refractivity contribution >= 4 is 5.97 Å². The summed E-state index contributed by atoms with van der Waals surface area (Å²) < 4.78 is 4.61. The van der Waals surface area contributed by atoms with E-state index in [1.807, 2.05) is 13.8 Å². The molecule has 0 N–H and O–H groups in total. The number of carbonyl (C=O) groups excluding carboxylic acids is 1. The van der Waals surface area contributed by atoms with Crippen molar-refractivity contribution in [2.45, 2.75) is 52.4 Å². The summed E-state index contributed by atoms with van der Waals surface area (Å²) in [7, 11) is 1.46. The van der Waals surface area contributed by atoms with Gasteiger partial charge in [0.2, 0.25) is 0 Å². The minimum Gasteiger partial charge on any atom is -0.469 e. The Kier molecular flexibility index (Phi) is 7.76. The molecule has 0 radical (unpaired) electrons. The second-order valence-electron chi connectivity index (χ2n) is 3.28. The lowest BCUT2D eigenvalue weighted by Crippen LogP contribution is -2.12. The Balaban J connectivity index is 0.000000671. The maximum absolute atomic E-state index is 10.9. The van der Waals surface area contributed by atoms with E-state index < -0.39 is 0 Å². The first-order valence-electron chi connectivity index (χ1n) is 5.39. The minimum atomic E-state index is -0.0445. The molecule has 13 heavy (non-hydrogen) atoms. The van der Waals surface area contributed by atoms with Crippen LogP contribution < -0.4 is 0 Å². The Hall–Kier alpha value is -0.530. The van der Waals surface area contributed by atoms with E-state index in [2.05, 4.69) is 4.74 Å². The first-order valence-corrected chi connectivity index (χ1v) is 5.39. The third-order valence-corrected chi connectivity index (χ3v) is 2.41. The van der Waals surface area contributed by atoms with Crippen LogP contribution in [-0.2, 0) is 9.53 Å². The average molecular weight is 186 g/mol. The lowest BCUT2D eigenvalue weighted by molar-refractivity contribution is -0.141. The van der Waals surface area contributed by atoms with Gasteiger partial charge in [-0.2, -0.15) is 0 Å². The topological polar surface area (TPSA) is 26.3 Å². The van der Waals surface area contributed by atoms with Gasteiger partial charge >= 0.3 is 5.97 Å². The van der Waals surface area contributed by atoms with Gasteiger partial charge < -0.3 is 4.74 Å². The third-order valence-electron chi connectivity index (χ3n) is 2.41. The van der Waals surface area contributed by atoms with Crippen molar-refractivity contribution in [3.63, 3.8) is 0 Å². The van der Waals surface area contributed by atoms with E-state index in [-0.39, 0.29) is 5.97 Å². The molecule has 1 aliphatic rings. The molecule has 0 heterocycles. The normalized spacial score (nSPS) is 17.2. The Morgan fingerprint density at radius 1 is 1.23 bits per heavy atom. The van der Waals surface area contributed by atoms with Crippen LogP contribution in [0.25, 0.3) is 0 Å². The number of methoxy groups -OCH3 is 1. The van der Waals surface area contributed by atoms with Crippen molar-refractivity contribution in [1.82, 2.24) is 0 Å². The Bertz CT molecular complexity index is 126. The van der Waals surface area contributed by atoms with Gasteiger partial charge in [0.1, 0.15) is 0 Å². The predicted octanol–water partition coefficient (Wildman–Crippen LogP) is 3.16. The number of rotatable bonds is 2. The molecule has 0 aromatic carbocycles. The van der Waals surface area contributed by atoms with Gasteiger partial charge in [-0.25, -0.2) is 0 Å². The molecule has 1 rings (SSSR count). The summed E-state index contributed by atoms with van der Waals surface area (Å²) in [6, 6.07) is 0. The number of hydrogen-bond donors (Lipinski definition) is 0. The molecule has 2 heteroatoms. The number of esters is 1. The first kappa shape index (κ1) is 12.5. The molecule has 0 amide bonds. The monoisotopic (exact) mass is 186 g/mol. The Morgan fingerprint density at radius 2 is 1.77 bits per heavy atom. The van der Waals surface area contributed by atoms with Crippen LogP contribution in [0.5, 0.6) is 0 Å². The highest BCUT2D eigenvalue weighted by Gasteiger charge is 2.16. The summed E-state index contributed by atoms with van der Waals surface area (Å²) >= 11 is 0. The molecule has 1 aliphatic carbocycles. The molecule has 78 valence electrons. The number of carbonyl (C=O) groups is 1. The van der Waals surface area contributed by atoms with Crippen molar-refractivity contribution in [2.75, 3.05) is 7.11 Å². The average Bonchev–Trinajstić information content (AvgIpc) is 2.22. The molecule has 0 aliphatic heterocycles. The summed E-state index contributed by atoms with van der Waals surface area (Å²) in [5.41, 5.74) is 0. The van der Waals surface area contributed by atoms with Gasteiger partial charge in [0.25, 0.3) is 0 Å². The van der Waals surface area contributed by atoms with Crippen LogP contribution in [0.15, 0.2) is 0 Å². The van der Waals surface area contributed by atoms with Gasteiger partial charge in [-0.1, -0.05) is 33.1 Å². The molecule has 0 aromatic rings. The van der Waals surface area contributed by atoms with Crippen LogP contribution in [-0.4, -0.2) is 13.1 Å². The summed E-state index contributed by atoms with van der Waals surface area (Å²) in [6.45, 7) is 4.00. The van der Waals surface area contributed by atoms with E-state index in [1.54, 1.807) is 0 Å². The van der Waals surface area contributed by atoms with E-state index in [1.165, 1.54) is 39.2 Å². The van der Waals surface area contributed by atoms with Crippen molar-refractivity contribution in [3.8, 4) is 0 Å². The van der Waals surface area contributed by atoms with Crippen LogP contribution in [0, 0.1) is 5.92 Å². The molecule has 0 saturated heterocycles. The van der Waals surface area contributed by atoms with Crippen LogP contribution in [0.4, 0.5) is 0 Å². The fourth-order valence-corrected chi connectivity index (χ4v) is 1.71. The van der Waals surface area contributed by atoms with E-state index in [0.717, 1.165) is 0 Å². The van der Waals surface area contributed by atoms with Gasteiger partial charge in [-0.3, -0.25) is 4.79 Å². The predicted molar refractivity (Wildman–Crippen MR) is 54.6 cm³/mol. The zero-order valence-electron chi connectivity index (χ0n) is 9.14. The van der Waals surface area contributed by atoms with Crippen LogP contribution in [0.2, 0.25) is 0 Å². The summed E-state index contributed by atoms with van der Waals surface area (Å²) in [4.78, 5) is 10.9. The van der Waals surface area contributed by atoms with E-state index in [4.69, 9.17) is 0 Å².